The van der Waals surface area contributed by atoms with Gasteiger partial charge in [0.05, 0.1) is 23.7 Å². The number of imidazole rings is 1. The van der Waals surface area contributed by atoms with Crippen molar-refractivity contribution < 1.29 is 14.3 Å². The van der Waals surface area contributed by atoms with E-state index in [1.165, 1.54) is 0 Å². The van der Waals surface area contributed by atoms with Crippen LogP contribution in [0.25, 0.3) is 11.0 Å². The number of aromatic nitrogens is 2. The summed E-state index contributed by atoms with van der Waals surface area (Å²) in [6.45, 7) is 5.97. The third kappa shape index (κ3) is 4.16. The van der Waals surface area contributed by atoms with Crippen LogP contribution >= 0.6 is 0 Å². The molecule has 27 heavy (non-hydrogen) atoms. The second-order valence-electron chi connectivity index (χ2n) is 6.41. The maximum absolute atomic E-state index is 12.6. The molecule has 1 atom stereocenters. The summed E-state index contributed by atoms with van der Waals surface area (Å²) in [5.41, 5.74) is 3.28. The number of rotatable bonds is 6. The van der Waals surface area contributed by atoms with Gasteiger partial charge < -0.3 is 14.6 Å². The first kappa shape index (κ1) is 18.6. The number of para-hydroxylation sites is 2. The van der Waals surface area contributed by atoms with Gasteiger partial charge in [-0.3, -0.25) is 9.59 Å². The summed E-state index contributed by atoms with van der Waals surface area (Å²) in [6, 6.07) is 14.6. The topological polar surface area (TPSA) is 73.2 Å². The normalized spacial score (nSPS) is 12.0. The Hall–Kier alpha value is -3.15. The van der Waals surface area contributed by atoms with Crippen LogP contribution in [0.1, 0.15) is 41.6 Å². The summed E-state index contributed by atoms with van der Waals surface area (Å²) in [7, 11) is 0. The Labute approximate surface area is 158 Å². The van der Waals surface area contributed by atoms with Gasteiger partial charge in [0.15, 0.2) is 0 Å². The molecule has 6 nitrogen and oxygen atoms in total. The highest BCUT2D eigenvalue weighted by Gasteiger charge is 2.20. The van der Waals surface area contributed by atoms with Crippen LogP contribution in [0, 0.1) is 6.92 Å². The fraction of sp³-hybridized carbons (Fsp3) is 0.286. The lowest BCUT2D eigenvalue weighted by atomic mass is 10.1. The number of benzene rings is 2. The molecule has 140 valence electrons. The molecular formula is C21H23N3O3. The van der Waals surface area contributed by atoms with Crippen LogP contribution < -0.4 is 5.32 Å². The minimum atomic E-state index is -0.374. The molecule has 0 bridgehead atoms. The average Bonchev–Trinajstić information content (AvgIpc) is 3.01. The number of hydrogen-bond donors (Lipinski definition) is 1. The average molecular weight is 365 g/mol. The van der Waals surface area contributed by atoms with E-state index in [0.717, 1.165) is 16.6 Å². The predicted octanol–water partition coefficient (Wildman–Crippen LogP) is 3.40. The summed E-state index contributed by atoms with van der Waals surface area (Å²) in [5, 5.41) is 2.96. The number of ether oxygens (including phenoxy) is 1. The monoisotopic (exact) mass is 365 g/mol. The molecule has 6 heteroatoms. The lowest BCUT2D eigenvalue weighted by Crippen LogP contribution is -2.29. The van der Waals surface area contributed by atoms with Crippen LogP contribution in [0.15, 0.2) is 48.5 Å². The van der Waals surface area contributed by atoms with Crippen molar-refractivity contribution in [2.24, 2.45) is 0 Å². The third-order valence-corrected chi connectivity index (χ3v) is 4.33. The molecule has 1 heterocycles. The number of nitrogens with one attached hydrogen (secondary N) is 1. The Morgan fingerprint density at radius 2 is 1.85 bits per heavy atom. The van der Waals surface area contributed by atoms with E-state index in [0.29, 0.717) is 18.0 Å². The van der Waals surface area contributed by atoms with Crippen molar-refractivity contribution in [2.75, 3.05) is 6.61 Å². The van der Waals surface area contributed by atoms with Crippen LogP contribution in [0.5, 0.6) is 0 Å². The van der Waals surface area contributed by atoms with Crippen molar-refractivity contribution in [1.29, 1.82) is 0 Å². The highest BCUT2D eigenvalue weighted by molar-refractivity contribution is 5.94. The number of nitrogens with zero attached hydrogens (tertiary/aromatic N) is 2. The Morgan fingerprint density at radius 1 is 1.15 bits per heavy atom. The highest BCUT2D eigenvalue weighted by atomic mass is 16.5. The molecule has 0 saturated carbocycles. The zero-order valence-corrected chi connectivity index (χ0v) is 15.7. The van der Waals surface area contributed by atoms with E-state index in [-0.39, 0.29) is 24.5 Å². The van der Waals surface area contributed by atoms with Gasteiger partial charge in [-0.1, -0.05) is 29.8 Å². The SMILES string of the molecule is CCOC(=O)Cn1c(C(C)NC(=O)c2ccc(C)cc2)nc2ccccc21. The van der Waals surface area contributed by atoms with Crippen molar-refractivity contribution in [3.05, 3.63) is 65.5 Å². The Kier molecular flexibility index (Phi) is 5.54. The van der Waals surface area contributed by atoms with Crippen LogP contribution in [-0.2, 0) is 16.1 Å². The maximum atomic E-state index is 12.6. The molecule has 1 unspecified atom stereocenters. The van der Waals surface area contributed by atoms with Crippen molar-refractivity contribution in [1.82, 2.24) is 14.9 Å². The Morgan fingerprint density at radius 3 is 2.56 bits per heavy atom. The minimum absolute atomic E-state index is 0.0500. The van der Waals surface area contributed by atoms with Gasteiger partial charge in [0.25, 0.3) is 5.91 Å². The predicted molar refractivity (Wildman–Crippen MR) is 103 cm³/mol. The third-order valence-electron chi connectivity index (χ3n) is 4.33. The number of fused-ring (bicyclic) bond motifs is 1. The molecule has 0 aliphatic rings. The van der Waals surface area contributed by atoms with Gasteiger partial charge >= 0.3 is 5.97 Å². The smallest absolute Gasteiger partial charge is 0.326 e. The Balaban J connectivity index is 1.88. The minimum Gasteiger partial charge on any atom is -0.465 e. The van der Waals surface area contributed by atoms with Crippen LogP contribution in [-0.4, -0.2) is 28.0 Å². The van der Waals surface area contributed by atoms with E-state index in [1.807, 2.05) is 50.2 Å². The number of amides is 1. The lowest BCUT2D eigenvalue weighted by Gasteiger charge is -2.16. The lowest BCUT2D eigenvalue weighted by molar-refractivity contribution is -0.143. The molecular weight excluding hydrogens is 342 g/mol. The van der Waals surface area contributed by atoms with Crippen molar-refractivity contribution in [3.8, 4) is 0 Å². The molecule has 3 rings (SSSR count). The molecule has 0 saturated heterocycles. The van der Waals surface area contributed by atoms with E-state index >= 15 is 0 Å². The molecule has 1 amide bonds. The molecule has 0 aliphatic carbocycles. The maximum Gasteiger partial charge on any atom is 0.326 e. The van der Waals surface area contributed by atoms with Gasteiger partial charge in [-0.25, -0.2) is 4.98 Å². The van der Waals surface area contributed by atoms with Crippen molar-refractivity contribution in [2.45, 2.75) is 33.4 Å². The summed E-state index contributed by atoms with van der Waals surface area (Å²) >= 11 is 0. The number of esters is 1. The molecule has 0 radical (unpaired) electrons. The molecule has 1 aromatic heterocycles. The van der Waals surface area contributed by atoms with E-state index in [9.17, 15) is 9.59 Å². The summed E-state index contributed by atoms with van der Waals surface area (Å²) in [4.78, 5) is 29.2. The molecule has 3 aromatic rings. The number of carbonyl (C=O) groups is 2. The van der Waals surface area contributed by atoms with Gasteiger partial charge in [-0.15, -0.1) is 0 Å². The number of aryl methyl sites for hydroxylation is 1. The quantitative estimate of drug-likeness (QED) is 0.680. The van der Waals surface area contributed by atoms with Gasteiger partial charge in [-0.05, 0) is 45.0 Å². The first-order valence-corrected chi connectivity index (χ1v) is 8.98. The zero-order chi connectivity index (χ0) is 19.4. The molecule has 2 aromatic carbocycles. The van der Waals surface area contributed by atoms with Crippen LogP contribution in [0.4, 0.5) is 0 Å². The fourth-order valence-electron chi connectivity index (χ4n) is 2.98. The largest absolute Gasteiger partial charge is 0.465 e. The standard InChI is InChI=1S/C21H23N3O3/c1-4-27-19(25)13-24-18-8-6-5-7-17(18)23-20(24)15(3)22-21(26)16-11-9-14(2)10-12-16/h5-12,15H,4,13H2,1-3H3,(H,22,26). The van der Waals surface area contributed by atoms with E-state index in [1.54, 1.807) is 23.6 Å². The zero-order valence-electron chi connectivity index (χ0n) is 15.7. The van der Waals surface area contributed by atoms with E-state index in [2.05, 4.69) is 10.3 Å². The van der Waals surface area contributed by atoms with Gasteiger partial charge in [-0.2, -0.15) is 0 Å². The van der Waals surface area contributed by atoms with Gasteiger partial charge in [0, 0.05) is 5.56 Å². The highest BCUT2D eigenvalue weighted by Crippen LogP contribution is 2.21. The van der Waals surface area contributed by atoms with Crippen molar-refractivity contribution in [3.63, 3.8) is 0 Å². The molecule has 1 N–H and O–H groups in total. The summed E-state index contributed by atoms with van der Waals surface area (Å²) < 4.78 is 6.88. The first-order valence-electron chi connectivity index (χ1n) is 8.98. The first-order chi connectivity index (χ1) is 13.0. The number of hydrogen-bond acceptors (Lipinski definition) is 4. The molecule has 0 fully saturated rings. The van der Waals surface area contributed by atoms with Crippen molar-refractivity contribution >= 4 is 22.9 Å². The summed E-state index contributed by atoms with van der Waals surface area (Å²) in [6.07, 6.45) is 0. The second-order valence-corrected chi connectivity index (χ2v) is 6.41. The van der Waals surface area contributed by atoms with Crippen LogP contribution in [0.3, 0.4) is 0 Å². The van der Waals surface area contributed by atoms with Gasteiger partial charge in [0.2, 0.25) is 0 Å². The van der Waals surface area contributed by atoms with E-state index in [4.69, 9.17) is 4.74 Å². The fourth-order valence-corrected chi connectivity index (χ4v) is 2.98. The molecule has 0 spiro atoms. The van der Waals surface area contributed by atoms with Crippen LogP contribution in [0.2, 0.25) is 0 Å². The Bertz CT molecular complexity index is 960. The molecule has 0 aliphatic heterocycles. The van der Waals surface area contributed by atoms with Gasteiger partial charge in [0.1, 0.15) is 12.4 Å². The summed E-state index contributed by atoms with van der Waals surface area (Å²) in [5.74, 6) is 0.0981. The second kappa shape index (κ2) is 8.03. The number of carbonyl (C=O) groups excluding carboxylic acids is 2. The van der Waals surface area contributed by atoms with E-state index < -0.39 is 0 Å².